The van der Waals surface area contributed by atoms with Crippen molar-refractivity contribution >= 4 is 36.8 Å². The minimum absolute atomic E-state index is 0.141. The molecule has 162 valence electrons. The lowest BCUT2D eigenvalue weighted by Crippen LogP contribution is -2.45. The van der Waals surface area contributed by atoms with Gasteiger partial charge in [-0.25, -0.2) is 0 Å². The Morgan fingerprint density at radius 2 is 1.65 bits per heavy atom. The maximum atomic E-state index is 5.65. The van der Waals surface area contributed by atoms with Crippen molar-refractivity contribution in [3.8, 4) is 11.4 Å². The molecule has 0 aliphatic rings. The Morgan fingerprint density at radius 1 is 1.00 bits per heavy atom. The van der Waals surface area contributed by atoms with E-state index < -0.39 is 8.24 Å². The average Bonchev–Trinajstić information content (AvgIpc) is 3.24. The van der Waals surface area contributed by atoms with E-state index in [4.69, 9.17) is 16.0 Å². The van der Waals surface area contributed by atoms with Gasteiger partial charge in [-0.15, -0.1) is 0 Å². The summed E-state index contributed by atoms with van der Waals surface area (Å²) >= 11 is 0. The second kappa shape index (κ2) is 7.81. The molecule has 0 saturated carbocycles. The van der Waals surface area contributed by atoms with E-state index in [-0.39, 0.29) is 5.04 Å². The standard InChI is InChI=1S/C26H32N2O2Si/c1-26(2,3)31(6,7)28-23-15-11-9-13-20(23)21(17-29-4)25(28)24-16-19-12-8-10-14-22(19)27(24)18-30-5/h4,8-16H,17-18H2,1-3,5-7H3. The van der Waals surface area contributed by atoms with Gasteiger partial charge in [-0.1, -0.05) is 70.3 Å². The molecule has 31 heavy (non-hydrogen) atoms. The zero-order valence-electron chi connectivity index (χ0n) is 19.4. The number of rotatable bonds is 6. The van der Waals surface area contributed by atoms with Crippen LogP contribution in [0.1, 0.15) is 26.3 Å². The van der Waals surface area contributed by atoms with Crippen LogP contribution in [0.5, 0.6) is 0 Å². The third-order valence-corrected chi connectivity index (χ3v) is 12.2. The van der Waals surface area contributed by atoms with Gasteiger partial charge < -0.3 is 18.0 Å². The van der Waals surface area contributed by atoms with Crippen molar-refractivity contribution in [2.45, 2.75) is 52.2 Å². The average molecular weight is 433 g/mol. The predicted octanol–water partition coefficient (Wildman–Crippen LogP) is 6.50. The van der Waals surface area contributed by atoms with Gasteiger partial charge in [0.25, 0.3) is 0 Å². The molecule has 0 bridgehead atoms. The van der Waals surface area contributed by atoms with E-state index in [1.54, 1.807) is 7.11 Å². The molecule has 0 unspecified atom stereocenters. The van der Waals surface area contributed by atoms with Gasteiger partial charge in [0, 0.05) is 23.4 Å². The maximum absolute atomic E-state index is 5.65. The zero-order chi connectivity index (χ0) is 22.4. The van der Waals surface area contributed by atoms with Gasteiger partial charge in [0.1, 0.15) is 6.73 Å². The van der Waals surface area contributed by atoms with Crippen LogP contribution in [0.4, 0.5) is 0 Å². The first-order valence-electron chi connectivity index (χ1n) is 10.7. The van der Waals surface area contributed by atoms with Crippen LogP contribution in [0, 0.1) is 0 Å². The van der Waals surface area contributed by atoms with Crippen LogP contribution in [-0.2, 0) is 22.5 Å². The normalized spacial score (nSPS) is 12.7. The highest BCUT2D eigenvalue weighted by atomic mass is 28.3. The fourth-order valence-corrected chi connectivity index (χ4v) is 6.67. The van der Waals surface area contributed by atoms with Gasteiger partial charge in [-0.3, -0.25) is 0 Å². The van der Waals surface area contributed by atoms with Gasteiger partial charge in [0.2, 0.25) is 6.61 Å². The van der Waals surface area contributed by atoms with Crippen LogP contribution in [0.2, 0.25) is 18.1 Å². The topological polar surface area (TPSA) is 30.4 Å². The van der Waals surface area contributed by atoms with E-state index in [9.17, 15) is 0 Å². The lowest BCUT2D eigenvalue weighted by atomic mass is 10.1. The Morgan fingerprint density at radius 3 is 2.29 bits per heavy atom. The van der Waals surface area contributed by atoms with Crippen molar-refractivity contribution in [2.75, 3.05) is 7.11 Å². The lowest BCUT2D eigenvalue weighted by Gasteiger charge is -2.40. The Hall–Kier alpha value is -2.63. The summed E-state index contributed by atoms with van der Waals surface area (Å²) in [6.45, 7) is 18.4. The molecule has 2 aromatic carbocycles. The highest BCUT2D eigenvalue weighted by Gasteiger charge is 2.41. The highest BCUT2D eigenvalue weighted by molar-refractivity contribution is 6.79. The number of hydrogen-bond donors (Lipinski definition) is 0. The molecule has 0 spiro atoms. The Labute approximate surface area is 185 Å². The van der Waals surface area contributed by atoms with Crippen molar-refractivity contribution in [3.05, 3.63) is 60.2 Å². The molecule has 0 radical (unpaired) electrons. The van der Waals surface area contributed by atoms with E-state index in [0.717, 1.165) is 16.8 Å². The van der Waals surface area contributed by atoms with E-state index in [1.807, 2.05) is 0 Å². The molecular formula is C26H32N2O2Si. The lowest BCUT2D eigenvalue weighted by molar-refractivity contribution is 0.0991. The number of nitrogens with zero attached hydrogens (tertiary/aromatic N) is 2. The fourth-order valence-electron chi connectivity index (χ4n) is 4.40. The number of methoxy groups -OCH3 is 1. The van der Waals surface area contributed by atoms with Gasteiger partial charge >= 0.3 is 0 Å². The SMILES string of the molecule is [CH-]=[O+]Cc1c(-c2cc3ccccc3n2COC)n([Si](C)(C)C(C)(C)C)c2ccccc12. The molecule has 0 aliphatic heterocycles. The smallest absolute Gasteiger partial charge is 0.246 e. The summed E-state index contributed by atoms with van der Waals surface area (Å²) in [6, 6.07) is 19.3. The molecule has 4 nitrogen and oxygen atoms in total. The first-order chi connectivity index (χ1) is 14.7. The van der Waals surface area contributed by atoms with Crippen molar-refractivity contribution in [3.63, 3.8) is 0 Å². The number of aromatic nitrogens is 2. The molecule has 2 heterocycles. The van der Waals surface area contributed by atoms with Crippen LogP contribution in [0.3, 0.4) is 0 Å². The first-order valence-corrected chi connectivity index (χ1v) is 13.7. The largest absolute Gasteiger partial charge is 0.455 e. The van der Waals surface area contributed by atoms with Gasteiger partial charge in [0.05, 0.1) is 22.5 Å². The number of para-hydroxylation sites is 2. The minimum atomic E-state index is -2.01. The monoisotopic (exact) mass is 432 g/mol. The first kappa shape index (κ1) is 21.6. The summed E-state index contributed by atoms with van der Waals surface area (Å²) in [5.74, 6) is 0. The summed E-state index contributed by atoms with van der Waals surface area (Å²) in [5, 5.41) is 2.53. The fraction of sp³-hybridized carbons (Fsp3) is 0.346. The summed E-state index contributed by atoms with van der Waals surface area (Å²) in [6.07, 6.45) is 0. The van der Waals surface area contributed by atoms with Gasteiger partial charge in [-0.05, 0) is 30.0 Å². The highest BCUT2D eigenvalue weighted by Crippen LogP contribution is 2.45. The van der Waals surface area contributed by atoms with E-state index in [2.05, 4.69) is 97.3 Å². The molecule has 0 amide bonds. The molecule has 0 atom stereocenters. The summed E-state index contributed by atoms with van der Waals surface area (Å²) in [7, 11) is -0.268. The quantitative estimate of drug-likeness (QED) is 0.148. The van der Waals surface area contributed by atoms with E-state index in [1.165, 1.54) is 22.0 Å². The summed E-state index contributed by atoms with van der Waals surface area (Å²) < 4.78 is 15.7. The second-order valence-corrected chi connectivity index (χ2v) is 14.8. The van der Waals surface area contributed by atoms with Crippen molar-refractivity contribution in [1.29, 1.82) is 0 Å². The predicted molar refractivity (Wildman–Crippen MR) is 133 cm³/mol. The summed E-state index contributed by atoms with van der Waals surface area (Å²) in [5.41, 5.74) is 5.85. The number of benzene rings is 2. The van der Waals surface area contributed by atoms with Gasteiger partial charge in [0.15, 0.2) is 8.24 Å². The molecule has 4 aromatic rings. The van der Waals surface area contributed by atoms with Crippen LogP contribution in [0.15, 0.2) is 54.6 Å². The van der Waals surface area contributed by atoms with E-state index in [0.29, 0.717) is 13.3 Å². The van der Waals surface area contributed by atoms with Crippen molar-refractivity contribution in [1.82, 2.24) is 8.80 Å². The zero-order valence-corrected chi connectivity index (χ0v) is 20.4. The molecule has 4 rings (SSSR count). The number of carbonyl (C=O) groups excluding carboxylic acids is 1. The van der Waals surface area contributed by atoms with Crippen LogP contribution >= 0.6 is 0 Å². The number of ether oxygens (including phenoxy) is 1. The van der Waals surface area contributed by atoms with Crippen molar-refractivity contribution in [2.24, 2.45) is 0 Å². The third-order valence-electron chi connectivity index (χ3n) is 6.91. The molecule has 2 aromatic heterocycles. The van der Waals surface area contributed by atoms with Gasteiger partial charge in [-0.2, -0.15) is 0 Å². The Kier molecular flexibility index (Phi) is 5.44. The second-order valence-electron chi connectivity index (χ2n) is 9.73. The molecule has 0 aliphatic carbocycles. The minimum Gasteiger partial charge on any atom is -0.455 e. The maximum Gasteiger partial charge on any atom is 0.246 e. The molecule has 5 heteroatoms. The van der Waals surface area contributed by atoms with Crippen molar-refractivity contribution < 1.29 is 9.16 Å². The number of fused-ring (bicyclic) bond motifs is 2. The Bertz CT molecular complexity index is 1260. The van der Waals surface area contributed by atoms with Crippen LogP contribution in [0.25, 0.3) is 33.2 Å². The van der Waals surface area contributed by atoms with Crippen LogP contribution in [-0.4, -0.2) is 30.9 Å². The van der Waals surface area contributed by atoms with E-state index >= 15 is 0 Å². The number of hydrogen-bond acceptors (Lipinski definition) is 1. The van der Waals surface area contributed by atoms with Crippen LogP contribution < -0.4 is 0 Å². The Balaban J connectivity index is 2.20. The molecule has 0 fully saturated rings. The molecular weight excluding hydrogens is 400 g/mol. The third kappa shape index (κ3) is 3.36. The molecule has 0 N–H and O–H groups in total. The summed E-state index contributed by atoms with van der Waals surface area (Å²) in [4.78, 5) is 0. The molecule has 0 saturated heterocycles.